The van der Waals surface area contributed by atoms with Crippen LogP contribution in [0.4, 0.5) is 0 Å². The van der Waals surface area contributed by atoms with Crippen LogP contribution in [-0.2, 0) is 11.8 Å². The van der Waals surface area contributed by atoms with Crippen molar-refractivity contribution in [2.75, 3.05) is 32.7 Å². The van der Waals surface area contributed by atoms with Crippen LogP contribution in [0.2, 0.25) is 0 Å². The van der Waals surface area contributed by atoms with Crippen molar-refractivity contribution in [1.29, 1.82) is 0 Å². The molecule has 0 aliphatic carbocycles. The molecule has 7 nitrogen and oxygen atoms in total. The highest BCUT2D eigenvalue weighted by molar-refractivity contribution is 6.01. The van der Waals surface area contributed by atoms with E-state index < -0.39 is 18.0 Å². The van der Waals surface area contributed by atoms with Crippen molar-refractivity contribution >= 4 is 28.9 Å². The molecule has 2 N–H and O–H groups in total. The first-order valence-corrected chi connectivity index (χ1v) is 10.7. The number of hydrogen-bond acceptors (Lipinski definition) is 4. The van der Waals surface area contributed by atoms with Crippen LogP contribution in [-0.4, -0.2) is 69.2 Å². The molecule has 2 aromatic carbocycles. The fraction of sp³-hybridized carbons (Fsp3) is 0.280. The van der Waals surface area contributed by atoms with Crippen molar-refractivity contribution in [1.82, 2.24) is 14.4 Å². The molecule has 0 radical (unpaired) electrons. The molecular weight excluding hydrogens is 406 g/mol. The molecule has 1 aliphatic heterocycles. The first kappa shape index (κ1) is 21.8. The SMILES string of the molecule is Cn1c(C(=O)O)c([C@@H](C(=O)O)N2CCN(C/C=C/c3ccccc3)CC2)c2ccccc21. The van der Waals surface area contributed by atoms with Gasteiger partial charge in [-0.1, -0.05) is 60.7 Å². The predicted octanol–water partition coefficient (Wildman–Crippen LogP) is 3.33. The number of aliphatic carboxylic acids is 1. The van der Waals surface area contributed by atoms with Gasteiger partial charge in [0.2, 0.25) is 0 Å². The maximum atomic E-state index is 12.4. The first-order chi connectivity index (χ1) is 15.5. The number of carboxylic acid groups (broad SMARTS) is 2. The van der Waals surface area contributed by atoms with Crippen LogP contribution < -0.4 is 0 Å². The van der Waals surface area contributed by atoms with E-state index in [-0.39, 0.29) is 5.69 Å². The third-order valence-corrected chi connectivity index (χ3v) is 6.10. The van der Waals surface area contributed by atoms with Gasteiger partial charge in [0.25, 0.3) is 0 Å². The molecule has 0 saturated carbocycles. The Balaban J connectivity index is 1.53. The predicted molar refractivity (Wildman–Crippen MR) is 124 cm³/mol. The summed E-state index contributed by atoms with van der Waals surface area (Å²) < 4.78 is 1.58. The molecule has 32 heavy (non-hydrogen) atoms. The highest BCUT2D eigenvalue weighted by atomic mass is 16.4. The molecule has 0 unspecified atom stereocenters. The molecule has 7 heteroatoms. The Hall–Kier alpha value is -3.42. The average molecular weight is 434 g/mol. The van der Waals surface area contributed by atoms with Gasteiger partial charge in [0.05, 0.1) is 0 Å². The molecule has 1 aromatic heterocycles. The van der Waals surface area contributed by atoms with Gasteiger partial charge in [-0.3, -0.25) is 14.6 Å². The summed E-state index contributed by atoms with van der Waals surface area (Å²) in [5.41, 5.74) is 2.26. The van der Waals surface area contributed by atoms with Crippen molar-refractivity contribution in [3.8, 4) is 0 Å². The van der Waals surface area contributed by atoms with Gasteiger partial charge in [0, 0.05) is 56.2 Å². The van der Waals surface area contributed by atoms with Crippen molar-refractivity contribution in [3.05, 3.63) is 77.5 Å². The van der Waals surface area contributed by atoms with Gasteiger partial charge in [0.1, 0.15) is 11.7 Å². The summed E-state index contributed by atoms with van der Waals surface area (Å²) in [4.78, 5) is 28.6. The Morgan fingerprint density at radius 1 is 0.969 bits per heavy atom. The molecule has 1 aliphatic rings. The van der Waals surface area contributed by atoms with E-state index in [4.69, 9.17) is 0 Å². The quantitative estimate of drug-likeness (QED) is 0.595. The minimum Gasteiger partial charge on any atom is -0.480 e. The lowest BCUT2D eigenvalue weighted by molar-refractivity contribution is -0.144. The minimum absolute atomic E-state index is 0.0341. The molecule has 1 fully saturated rings. The summed E-state index contributed by atoms with van der Waals surface area (Å²) in [6, 6.07) is 16.4. The number of para-hydroxylation sites is 1. The maximum Gasteiger partial charge on any atom is 0.352 e. The van der Waals surface area contributed by atoms with E-state index in [1.165, 1.54) is 0 Å². The number of carbonyl (C=O) groups is 2. The Kier molecular flexibility index (Phi) is 6.39. The van der Waals surface area contributed by atoms with Gasteiger partial charge in [-0.2, -0.15) is 0 Å². The Morgan fingerprint density at radius 2 is 1.62 bits per heavy atom. The number of nitrogens with zero attached hydrogens (tertiary/aromatic N) is 3. The molecule has 0 spiro atoms. The number of fused-ring (bicyclic) bond motifs is 1. The highest BCUT2D eigenvalue weighted by Gasteiger charge is 2.36. The monoisotopic (exact) mass is 433 g/mol. The molecule has 0 bridgehead atoms. The fourth-order valence-electron chi connectivity index (χ4n) is 4.53. The normalized spacial score (nSPS) is 16.5. The van der Waals surface area contributed by atoms with Crippen molar-refractivity contribution in [3.63, 3.8) is 0 Å². The second-order valence-corrected chi connectivity index (χ2v) is 8.03. The van der Waals surface area contributed by atoms with E-state index in [0.717, 1.165) is 30.7 Å². The Morgan fingerprint density at radius 3 is 2.28 bits per heavy atom. The zero-order chi connectivity index (χ0) is 22.7. The molecule has 0 amide bonds. The van der Waals surface area contributed by atoms with Gasteiger partial charge in [-0.15, -0.1) is 0 Å². The van der Waals surface area contributed by atoms with Gasteiger partial charge in [0.15, 0.2) is 0 Å². The summed E-state index contributed by atoms with van der Waals surface area (Å²) in [6.07, 6.45) is 4.20. The summed E-state index contributed by atoms with van der Waals surface area (Å²) in [6.45, 7) is 3.33. The van der Waals surface area contributed by atoms with E-state index in [9.17, 15) is 19.8 Å². The zero-order valence-electron chi connectivity index (χ0n) is 18.0. The van der Waals surface area contributed by atoms with Crippen molar-refractivity contribution in [2.24, 2.45) is 7.05 Å². The van der Waals surface area contributed by atoms with Gasteiger partial charge >= 0.3 is 11.9 Å². The summed E-state index contributed by atoms with van der Waals surface area (Å²) in [5.74, 6) is -2.14. The zero-order valence-corrected chi connectivity index (χ0v) is 18.0. The van der Waals surface area contributed by atoms with Crippen LogP contribution in [0.25, 0.3) is 17.0 Å². The van der Waals surface area contributed by atoms with E-state index in [0.29, 0.717) is 24.0 Å². The second-order valence-electron chi connectivity index (χ2n) is 8.03. The number of aromatic carboxylic acids is 1. The number of carboxylic acids is 2. The highest BCUT2D eigenvalue weighted by Crippen LogP contribution is 2.34. The van der Waals surface area contributed by atoms with Crippen molar-refractivity contribution < 1.29 is 19.8 Å². The first-order valence-electron chi connectivity index (χ1n) is 10.7. The molecule has 166 valence electrons. The third-order valence-electron chi connectivity index (χ3n) is 6.10. The summed E-state index contributed by atoms with van der Waals surface area (Å²) in [5, 5.41) is 20.7. The number of aromatic nitrogens is 1. The topological polar surface area (TPSA) is 86.0 Å². The molecular formula is C25H27N3O4. The Labute approximate surface area is 186 Å². The molecule has 4 rings (SSSR count). The lowest BCUT2D eigenvalue weighted by Crippen LogP contribution is -2.49. The van der Waals surface area contributed by atoms with E-state index in [1.807, 2.05) is 41.3 Å². The smallest absolute Gasteiger partial charge is 0.352 e. The third kappa shape index (κ3) is 4.30. The van der Waals surface area contributed by atoms with E-state index in [2.05, 4.69) is 29.2 Å². The number of aryl methyl sites for hydroxylation is 1. The lowest BCUT2D eigenvalue weighted by Gasteiger charge is -2.37. The van der Waals surface area contributed by atoms with Crippen LogP contribution in [0.5, 0.6) is 0 Å². The van der Waals surface area contributed by atoms with Crippen molar-refractivity contribution in [2.45, 2.75) is 6.04 Å². The van der Waals surface area contributed by atoms with Crippen LogP contribution >= 0.6 is 0 Å². The maximum absolute atomic E-state index is 12.4. The van der Waals surface area contributed by atoms with Crippen LogP contribution in [0.1, 0.15) is 27.7 Å². The standard InChI is InChI=1S/C25H27N3O4/c1-26-20-12-6-5-11-19(20)21(22(26)24(29)30)23(25(31)32)28-16-14-27(15-17-28)13-7-10-18-8-3-2-4-9-18/h2-12,23H,13-17H2,1H3,(H,29,30)(H,31,32)/b10-7+/t23-/m0/s1. The second kappa shape index (κ2) is 9.38. The molecule has 1 atom stereocenters. The number of rotatable bonds is 7. The van der Waals surface area contributed by atoms with Crippen LogP contribution in [0.15, 0.2) is 60.7 Å². The lowest BCUT2D eigenvalue weighted by atomic mass is 10.00. The number of piperazine rings is 1. The summed E-state index contributed by atoms with van der Waals surface area (Å²) >= 11 is 0. The van der Waals surface area contributed by atoms with E-state index >= 15 is 0 Å². The van der Waals surface area contributed by atoms with Crippen LogP contribution in [0.3, 0.4) is 0 Å². The Bertz CT molecular complexity index is 1140. The average Bonchev–Trinajstić information content (AvgIpc) is 3.08. The molecule has 1 saturated heterocycles. The summed E-state index contributed by atoms with van der Waals surface area (Å²) in [7, 11) is 1.67. The number of benzene rings is 2. The largest absolute Gasteiger partial charge is 0.480 e. The fourth-order valence-corrected chi connectivity index (χ4v) is 4.53. The van der Waals surface area contributed by atoms with Gasteiger partial charge < -0.3 is 14.8 Å². The van der Waals surface area contributed by atoms with Gasteiger partial charge in [-0.05, 0) is 11.6 Å². The molecule has 3 aromatic rings. The van der Waals surface area contributed by atoms with Gasteiger partial charge in [-0.25, -0.2) is 4.79 Å². The number of hydrogen-bond donors (Lipinski definition) is 2. The minimum atomic E-state index is -1.12. The molecule has 2 heterocycles. The van der Waals surface area contributed by atoms with Crippen LogP contribution in [0, 0.1) is 0 Å². The van der Waals surface area contributed by atoms with E-state index in [1.54, 1.807) is 17.7 Å².